The highest BCUT2D eigenvalue weighted by atomic mass is 32.2. The molecule has 24 heavy (non-hydrogen) atoms. The number of rotatable bonds is 7. The molecule has 7 heteroatoms. The van der Waals surface area contributed by atoms with E-state index in [-0.39, 0.29) is 16.7 Å². The Morgan fingerprint density at radius 1 is 1.33 bits per heavy atom. The number of thiophene rings is 1. The van der Waals surface area contributed by atoms with Gasteiger partial charge in [-0.2, -0.15) is 0 Å². The number of amides is 1. The Balaban J connectivity index is 1.98. The average molecular weight is 368 g/mol. The molecule has 0 aliphatic heterocycles. The van der Waals surface area contributed by atoms with Crippen LogP contribution in [0.1, 0.15) is 43.5 Å². The maximum Gasteiger partial charge on any atom is 0.259 e. The summed E-state index contributed by atoms with van der Waals surface area (Å²) in [5, 5.41) is 3.46. The second-order valence-corrected chi connectivity index (χ2v) is 8.94. The Hall–Kier alpha value is -1.34. The van der Waals surface area contributed by atoms with Crippen molar-refractivity contribution in [2.75, 3.05) is 6.54 Å². The summed E-state index contributed by atoms with van der Waals surface area (Å²) in [6.07, 6.45) is 0.978. The summed E-state index contributed by atoms with van der Waals surface area (Å²) >= 11 is 3.03. The molecule has 0 bridgehead atoms. The van der Waals surface area contributed by atoms with E-state index in [1.54, 1.807) is 11.3 Å². The van der Waals surface area contributed by atoms with Gasteiger partial charge in [-0.1, -0.05) is 13.8 Å². The van der Waals surface area contributed by atoms with Crippen molar-refractivity contribution in [3.8, 4) is 0 Å². The van der Waals surface area contributed by atoms with Gasteiger partial charge in [0.05, 0.1) is 16.4 Å². The van der Waals surface area contributed by atoms with Crippen LogP contribution in [0.2, 0.25) is 0 Å². The minimum absolute atomic E-state index is 0.0342. The van der Waals surface area contributed by atoms with E-state index >= 15 is 0 Å². The number of aromatic amines is 1. The molecule has 0 spiro atoms. The topological polar surface area (TPSA) is 74.8 Å². The van der Waals surface area contributed by atoms with E-state index in [1.165, 1.54) is 11.8 Å². The zero-order chi connectivity index (χ0) is 17.9. The first-order valence-electron chi connectivity index (χ1n) is 8.17. The molecule has 2 rings (SSSR count). The first-order chi connectivity index (χ1) is 11.3. The molecule has 0 saturated carbocycles. The number of aromatic nitrogens is 2. The fourth-order valence-electron chi connectivity index (χ4n) is 2.27. The summed E-state index contributed by atoms with van der Waals surface area (Å²) in [6.45, 7) is 10.8. The molecule has 2 N–H and O–H groups in total. The van der Waals surface area contributed by atoms with E-state index in [4.69, 9.17) is 0 Å². The third-order valence-corrected chi connectivity index (χ3v) is 6.20. The number of carbonyl (C=O) groups excluding carboxylic acids is 1. The molecule has 0 saturated heterocycles. The molecule has 2 aromatic heterocycles. The van der Waals surface area contributed by atoms with Crippen molar-refractivity contribution in [3.63, 3.8) is 0 Å². The van der Waals surface area contributed by atoms with Gasteiger partial charge in [-0.25, -0.2) is 4.98 Å². The maximum atomic E-state index is 12.2. The Bertz CT molecular complexity index is 780. The van der Waals surface area contributed by atoms with Crippen LogP contribution in [-0.4, -0.2) is 27.7 Å². The summed E-state index contributed by atoms with van der Waals surface area (Å²) in [5.41, 5.74) is 0.910. The number of hydrogen-bond acceptors (Lipinski definition) is 5. The van der Waals surface area contributed by atoms with Crippen LogP contribution in [0, 0.1) is 19.8 Å². The lowest BCUT2D eigenvalue weighted by atomic mass is 10.1. The maximum absolute atomic E-state index is 12.2. The molecule has 0 aliphatic carbocycles. The van der Waals surface area contributed by atoms with E-state index in [0.717, 1.165) is 21.7 Å². The van der Waals surface area contributed by atoms with Crippen molar-refractivity contribution in [2.45, 2.75) is 52.0 Å². The van der Waals surface area contributed by atoms with Gasteiger partial charge in [0.15, 0.2) is 0 Å². The molecular formula is C17H25N3O2S2. The molecule has 1 atom stereocenters. The molecule has 1 amide bonds. The smallest absolute Gasteiger partial charge is 0.259 e. The summed E-state index contributed by atoms with van der Waals surface area (Å²) in [6, 6.07) is 0. The summed E-state index contributed by atoms with van der Waals surface area (Å²) in [4.78, 5) is 33.6. The number of H-pyrrole nitrogens is 1. The van der Waals surface area contributed by atoms with Crippen molar-refractivity contribution in [3.05, 3.63) is 26.6 Å². The molecule has 5 nitrogen and oxygen atoms in total. The molecule has 0 aromatic carbocycles. The third kappa shape index (κ3) is 4.60. The minimum Gasteiger partial charge on any atom is -0.355 e. The predicted molar refractivity (Wildman–Crippen MR) is 103 cm³/mol. The van der Waals surface area contributed by atoms with Crippen molar-refractivity contribution >= 4 is 39.2 Å². The number of hydrogen-bond donors (Lipinski definition) is 2. The SMILES string of the molecule is Cc1sc2nc(CSC(C)C(=O)NCCC(C)C)[nH]c(=O)c2c1C. The van der Waals surface area contributed by atoms with Crippen LogP contribution < -0.4 is 10.9 Å². The average Bonchev–Trinajstić information content (AvgIpc) is 2.79. The van der Waals surface area contributed by atoms with Crippen LogP contribution in [0.25, 0.3) is 10.2 Å². The lowest BCUT2D eigenvalue weighted by molar-refractivity contribution is -0.120. The van der Waals surface area contributed by atoms with Gasteiger partial charge in [0, 0.05) is 11.4 Å². The number of fused-ring (bicyclic) bond motifs is 1. The summed E-state index contributed by atoms with van der Waals surface area (Å²) in [7, 11) is 0. The van der Waals surface area contributed by atoms with Crippen molar-refractivity contribution < 1.29 is 4.79 Å². The number of carbonyl (C=O) groups is 1. The van der Waals surface area contributed by atoms with Crippen molar-refractivity contribution in [1.82, 2.24) is 15.3 Å². The standard InChI is InChI=1S/C17H25N3O2S2/c1-9(2)6-7-18-15(21)12(5)23-8-13-19-16(22)14-10(3)11(4)24-17(14)20-13/h9,12H,6-8H2,1-5H3,(H,18,21)(H,19,20,22). The highest BCUT2D eigenvalue weighted by Crippen LogP contribution is 2.26. The molecule has 2 aromatic rings. The third-order valence-electron chi connectivity index (χ3n) is 3.95. The quantitative estimate of drug-likeness (QED) is 0.787. The lowest BCUT2D eigenvalue weighted by Crippen LogP contribution is -2.32. The van der Waals surface area contributed by atoms with Crippen LogP contribution in [0.5, 0.6) is 0 Å². The van der Waals surface area contributed by atoms with Gasteiger partial charge in [-0.05, 0) is 38.7 Å². The van der Waals surface area contributed by atoms with Crippen molar-refractivity contribution in [1.29, 1.82) is 0 Å². The van der Waals surface area contributed by atoms with Crippen LogP contribution >= 0.6 is 23.1 Å². The van der Waals surface area contributed by atoms with E-state index in [9.17, 15) is 9.59 Å². The Morgan fingerprint density at radius 3 is 2.71 bits per heavy atom. The highest BCUT2D eigenvalue weighted by Gasteiger charge is 2.16. The Morgan fingerprint density at radius 2 is 2.04 bits per heavy atom. The van der Waals surface area contributed by atoms with Gasteiger partial charge in [0.25, 0.3) is 5.56 Å². The molecule has 1 unspecified atom stereocenters. The number of thioether (sulfide) groups is 1. The first-order valence-corrected chi connectivity index (χ1v) is 10.0. The van der Waals surface area contributed by atoms with Gasteiger partial charge >= 0.3 is 0 Å². The van der Waals surface area contributed by atoms with E-state index < -0.39 is 0 Å². The first kappa shape index (κ1) is 19.0. The molecule has 132 valence electrons. The monoisotopic (exact) mass is 367 g/mol. The van der Waals surface area contributed by atoms with Crippen molar-refractivity contribution in [2.24, 2.45) is 5.92 Å². The van der Waals surface area contributed by atoms with Crippen LogP contribution in [0.3, 0.4) is 0 Å². The lowest BCUT2D eigenvalue weighted by Gasteiger charge is -2.12. The number of nitrogens with one attached hydrogen (secondary N) is 2. The zero-order valence-corrected chi connectivity index (χ0v) is 16.5. The molecule has 0 radical (unpaired) electrons. The molecule has 0 aliphatic rings. The summed E-state index contributed by atoms with van der Waals surface area (Å²) in [5.74, 6) is 1.75. The Kier molecular flexibility index (Phi) is 6.46. The second-order valence-electron chi connectivity index (χ2n) is 6.40. The van der Waals surface area contributed by atoms with Gasteiger partial charge in [0.1, 0.15) is 10.7 Å². The second kappa shape index (κ2) is 8.16. The van der Waals surface area contributed by atoms with Crippen LogP contribution in [0.4, 0.5) is 0 Å². The van der Waals surface area contributed by atoms with E-state index in [1.807, 2.05) is 20.8 Å². The summed E-state index contributed by atoms with van der Waals surface area (Å²) < 4.78 is 0. The molecule has 2 heterocycles. The Labute approximate surface area is 150 Å². The largest absolute Gasteiger partial charge is 0.355 e. The van der Waals surface area contributed by atoms with Crippen LogP contribution in [0.15, 0.2) is 4.79 Å². The van der Waals surface area contributed by atoms with E-state index in [0.29, 0.717) is 29.4 Å². The van der Waals surface area contributed by atoms with E-state index in [2.05, 4.69) is 29.1 Å². The normalized spacial score (nSPS) is 12.8. The fraction of sp³-hybridized carbons (Fsp3) is 0.588. The van der Waals surface area contributed by atoms with Gasteiger partial charge in [-0.15, -0.1) is 23.1 Å². The van der Waals surface area contributed by atoms with Gasteiger partial charge < -0.3 is 10.3 Å². The van der Waals surface area contributed by atoms with Gasteiger partial charge in [-0.3, -0.25) is 9.59 Å². The highest BCUT2D eigenvalue weighted by molar-refractivity contribution is 7.99. The minimum atomic E-state index is -0.176. The number of nitrogens with zero attached hydrogens (tertiary/aromatic N) is 1. The zero-order valence-electron chi connectivity index (χ0n) is 14.9. The predicted octanol–water partition coefficient (Wildman–Crippen LogP) is 3.39. The van der Waals surface area contributed by atoms with Gasteiger partial charge in [0.2, 0.25) is 5.91 Å². The molecule has 0 fully saturated rings. The number of aryl methyl sites for hydroxylation is 2. The van der Waals surface area contributed by atoms with Crippen LogP contribution in [-0.2, 0) is 10.5 Å². The molecular weight excluding hydrogens is 342 g/mol. The fourth-order valence-corrected chi connectivity index (χ4v) is 4.10.